The van der Waals surface area contributed by atoms with Gasteiger partial charge in [0.15, 0.2) is 4.34 Å². The Labute approximate surface area is 169 Å². The SMILES string of the molecule is CN(Cc1ccccc1F)C(=O)CSc1nnc(NCCc2cccs2)s1. The van der Waals surface area contributed by atoms with Gasteiger partial charge in [-0.3, -0.25) is 4.79 Å². The fourth-order valence-electron chi connectivity index (χ4n) is 2.29. The summed E-state index contributed by atoms with van der Waals surface area (Å²) in [6, 6.07) is 10.6. The van der Waals surface area contributed by atoms with Gasteiger partial charge in [-0.25, -0.2) is 4.39 Å². The van der Waals surface area contributed by atoms with E-state index in [0.29, 0.717) is 5.56 Å². The minimum atomic E-state index is -0.299. The fourth-order valence-corrected chi connectivity index (χ4v) is 4.72. The van der Waals surface area contributed by atoms with Crippen LogP contribution in [-0.4, -0.2) is 40.3 Å². The van der Waals surface area contributed by atoms with Crippen molar-refractivity contribution in [2.24, 2.45) is 0 Å². The first kappa shape index (κ1) is 19.8. The molecule has 0 fully saturated rings. The van der Waals surface area contributed by atoms with Crippen molar-refractivity contribution in [2.45, 2.75) is 17.3 Å². The number of anilines is 1. The minimum absolute atomic E-state index is 0.0781. The third-order valence-electron chi connectivity index (χ3n) is 3.74. The third-order valence-corrected chi connectivity index (χ3v) is 6.68. The molecule has 3 aromatic rings. The molecular formula is C18H19FN4OS3. The number of carbonyl (C=O) groups excluding carboxylic acids is 1. The van der Waals surface area contributed by atoms with E-state index in [2.05, 4.69) is 27.0 Å². The molecule has 2 heterocycles. The zero-order valence-corrected chi connectivity index (χ0v) is 17.2. The quantitative estimate of drug-likeness (QED) is 0.525. The summed E-state index contributed by atoms with van der Waals surface area (Å²) >= 11 is 4.51. The lowest BCUT2D eigenvalue weighted by Crippen LogP contribution is -2.28. The Morgan fingerprint density at radius 2 is 2.11 bits per heavy atom. The van der Waals surface area contributed by atoms with Crippen molar-refractivity contribution >= 4 is 45.5 Å². The molecule has 0 atom stereocenters. The number of nitrogens with one attached hydrogen (secondary N) is 1. The van der Waals surface area contributed by atoms with E-state index in [1.165, 1.54) is 38.9 Å². The van der Waals surface area contributed by atoms with Gasteiger partial charge >= 0.3 is 0 Å². The molecule has 0 radical (unpaired) electrons. The van der Waals surface area contributed by atoms with Crippen molar-refractivity contribution in [1.29, 1.82) is 0 Å². The van der Waals surface area contributed by atoms with E-state index in [1.54, 1.807) is 36.6 Å². The Kier molecular flexibility index (Phi) is 7.19. The van der Waals surface area contributed by atoms with Crippen LogP contribution in [0.4, 0.5) is 9.52 Å². The van der Waals surface area contributed by atoms with E-state index in [4.69, 9.17) is 0 Å². The number of thioether (sulfide) groups is 1. The Morgan fingerprint density at radius 3 is 2.89 bits per heavy atom. The maximum absolute atomic E-state index is 13.7. The van der Waals surface area contributed by atoms with Gasteiger partial charge in [-0.15, -0.1) is 21.5 Å². The molecule has 5 nitrogen and oxygen atoms in total. The molecule has 0 bridgehead atoms. The van der Waals surface area contributed by atoms with Crippen molar-refractivity contribution in [3.8, 4) is 0 Å². The monoisotopic (exact) mass is 422 g/mol. The highest BCUT2D eigenvalue weighted by atomic mass is 32.2. The Hall–Kier alpha value is -1.97. The van der Waals surface area contributed by atoms with Crippen LogP contribution in [0, 0.1) is 5.82 Å². The van der Waals surface area contributed by atoms with Crippen LogP contribution >= 0.6 is 34.4 Å². The van der Waals surface area contributed by atoms with Crippen LogP contribution in [0.5, 0.6) is 0 Å². The third kappa shape index (κ3) is 6.02. The Bertz CT molecular complexity index is 869. The number of rotatable bonds is 9. The van der Waals surface area contributed by atoms with Gasteiger partial charge in [0.25, 0.3) is 0 Å². The number of hydrogen-bond acceptors (Lipinski definition) is 7. The lowest BCUT2D eigenvalue weighted by Gasteiger charge is -2.17. The topological polar surface area (TPSA) is 58.1 Å². The molecule has 0 aliphatic rings. The first-order chi connectivity index (χ1) is 13.1. The molecule has 0 saturated carbocycles. The van der Waals surface area contributed by atoms with E-state index >= 15 is 0 Å². The second kappa shape index (κ2) is 9.82. The van der Waals surface area contributed by atoms with Crippen LogP contribution in [0.1, 0.15) is 10.4 Å². The summed E-state index contributed by atoms with van der Waals surface area (Å²) in [6.45, 7) is 1.04. The van der Waals surface area contributed by atoms with Crippen LogP contribution in [0.3, 0.4) is 0 Å². The van der Waals surface area contributed by atoms with Crippen molar-refractivity contribution in [2.75, 3.05) is 24.7 Å². The minimum Gasteiger partial charge on any atom is -0.360 e. The van der Waals surface area contributed by atoms with E-state index < -0.39 is 0 Å². The van der Waals surface area contributed by atoms with Gasteiger partial charge in [-0.05, 0) is 23.9 Å². The van der Waals surface area contributed by atoms with Gasteiger partial charge in [0.2, 0.25) is 11.0 Å². The van der Waals surface area contributed by atoms with E-state index in [-0.39, 0.29) is 24.0 Å². The summed E-state index contributed by atoms with van der Waals surface area (Å²) in [5.74, 6) is -0.132. The van der Waals surface area contributed by atoms with Crippen molar-refractivity contribution in [3.05, 3.63) is 58.0 Å². The molecule has 9 heteroatoms. The number of thiophene rings is 1. The predicted molar refractivity (Wildman–Crippen MR) is 110 cm³/mol. The number of halogens is 1. The maximum atomic E-state index is 13.7. The van der Waals surface area contributed by atoms with Gasteiger partial charge in [0.1, 0.15) is 5.82 Å². The number of aromatic nitrogens is 2. The lowest BCUT2D eigenvalue weighted by atomic mass is 10.2. The van der Waals surface area contributed by atoms with Gasteiger partial charge in [0, 0.05) is 30.6 Å². The summed E-state index contributed by atoms with van der Waals surface area (Å²) in [5.41, 5.74) is 0.506. The smallest absolute Gasteiger partial charge is 0.233 e. The summed E-state index contributed by atoms with van der Waals surface area (Å²) in [7, 11) is 1.67. The van der Waals surface area contributed by atoms with Crippen molar-refractivity contribution in [1.82, 2.24) is 15.1 Å². The highest BCUT2D eigenvalue weighted by molar-refractivity contribution is 8.01. The van der Waals surface area contributed by atoms with E-state index in [0.717, 1.165) is 22.4 Å². The van der Waals surface area contributed by atoms with Gasteiger partial charge in [0.05, 0.1) is 5.75 Å². The Balaban J connectivity index is 1.42. The highest BCUT2D eigenvalue weighted by Crippen LogP contribution is 2.26. The summed E-state index contributed by atoms with van der Waals surface area (Å²) < 4.78 is 14.4. The van der Waals surface area contributed by atoms with E-state index in [9.17, 15) is 9.18 Å². The fraction of sp³-hybridized carbons (Fsp3) is 0.278. The average Bonchev–Trinajstić information content (AvgIpc) is 3.34. The standard InChI is InChI=1S/C18H19FN4OS3/c1-23(11-13-5-2-3-7-15(13)19)16(24)12-26-18-22-21-17(27-18)20-9-8-14-6-4-10-25-14/h2-7,10H,8-9,11-12H2,1H3,(H,20,21). The second-order valence-corrected chi connectivity index (χ2v) is 8.99. The average molecular weight is 423 g/mol. The zero-order chi connectivity index (χ0) is 19.1. The van der Waals surface area contributed by atoms with Gasteiger partial charge < -0.3 is 10.2 Å². The molecule has 0 aliphatic heterocycles. The van der Waals surface area contributed by atoms with Crippen LogP contribution in [0.2, 0.25) is 0 Å². The molecule has 27 heavy (non-hydrogen) atoms. The molecule has 2 aromatic heterocycles. The largest absolute Gasteiger partial charge is 0.360 e. The number of benzene rings is 1. The van der Waals surface area contributed by atoms with Gasteiger partial charge in [-0.2, -0.15) is 0 Å². The van der Waals surface area contributed by atoms with Crippen LogP contribution in [0.25, 0.3) is 0 Å². The molecule has 0 unspecified atom stereocenters. The number of amides is 1. The number of nitrogens with zero attached hydrogens (tertiary/aromatic N) is 3. The molecule has 1 aromatic carbocycles. The van der Waals surface area contributed by atoms with Crippen LogP contribution in [-0.2, 0) is 17.8 Å². The zero-order valence-electron chi connectivity index (χ0n) is 14.7. The molecular weight excluding hydrogens is 403 g/mol. The van der Waals surface area contributed by atoms with Crippen molar-refractivity contribution < 1.29 is 9.18 Å². The second-order valence-electron chi connectivity index (χ2n) is 5.76. The molecule has 0 spiro atoms. The number of hydrogen-bond donors (Lipinski definition) is 1. The number of carbonyl (C=O) groups is 1. The summed E-state index contributed by atoms with van der Waals surface area (Å²) in [5, 5.41) is 14.3. The first-order valence-electron chi connectivity index (χ1n) is 8.32. The molecule has 1 amide bonds. The molecule has 1 N–H and O–H groups in total. The summed E-state index contributed by atoms with van der Waals surface area (Å²) in [6.07, 6.45) is 0.944. The van der Waals surface area contributed by atoms with Gasteiger partial charge in [-0.1, -0.05) is 47.4 Å². The molecule has 3 rings (SSSR count). The molecule has 142 valence electrons. The molecule has 0 saturated heterocycles. The Morgan fingerprint density at radius 1 is 1.26 bits per heavy atom. The first-order valence-corrected chi connectivity index (χ1v) is 11.0. The molecule has 0 aliphatic carbocycles. The summed E-state index contributed by atoms with van der Waals surface area (Å²) in [4.78, 5) is 15.1. The van der Waals surface area contributed by atoms with Crippen molar-refractivity contribution in [3.63, 3.8) is 0 Å². The predicted octanol–water partition coefficient (Wildman–Crippen LogP) is 4.14. The van der Waals surface area contributed by atoms with Crippen LogP contribution in [0.15, 0.2) is 46.1 Å². The highest BCUT2D eigenvalue weighted by Gasteiger charge is 2.13. The lowest BCUT2D eigenvalue weighted by molar-refractivity contribution is -0.127. The maximum Gasteiger partial charge on any atom is 0.233 e. The van der Waals surface area contributed by atoms with E-state index in [1.807, 2.05) is 6.07 Å². The normalized spacial score (nSPS) is 10.7. The van der Waals surface area contributed by atoms with Crippen LogP contribution < -0.4 is 5.32 Å².